The van der Waals surface area contributed by atoms with Crippen LogP contribution < -0.4 is 10.6 Å². The molecule has 0 rings (SSSR count). The second kappa shape index (κ2) is 7.26. The molecule has 0 spiro atoms. The molecule has 0 heterocycles. The Balaban J connectivity index is 3.66. The zero-order valence-corrected chi connectivity index (χ0v) is 9.86. The number of ketones is 1. The number of likely N-dealkylation sites (N-methyl/N-ethyl adjacent to an activating group) is 1. The second-order valence-electron chi connectivity index (χ2n) is 3.70. The van der Waals surface area contributed by atoms with Crippen LogP contribution in [0.3, 0.4) is 0 Å². The molecule has 0 aromatic heterocycles. The lowest BCUT2D eigenvalue weighted by molar-refractivity contribution is -0.173. The summed E-state index contributed by atoms with van der Waals surface area (Å²) in [5.41, 5.74) is 0. The number of hydrogen-bond donors (Lipinski definition) is 2. The summed E-state index contributed by atoms with van der Waals surface area (Å²) in [5.74, 6) is -1.93. The monoisotopic (exact) mass is 254 g/mol. The van der Waals surface area contributed by atoms with Crippen LogP contribution in [0.15, 0.2) is 0 Å². The Kier molecular flexibility index (Phi) is 6.79. The number of alkyl halides is 3. The third-order valence-electron chi connectivity index (χ3n) is 2.30. The normalized spacial score (nSPS) is 13.2. The molecule has 0 radical (unpaired) electrons. The molecule has 1 atom stereocenters. The van der Waals surface area contributed by atoms with Crippen molar-refractivity contribution in [2.75, 3.05) is 13.6 Å². The number of amides is 1. The maximum Gasteiger partial charge on any atom is 0.471 e. The highest BCUT2D eigenvalue weighted by Gasteiger charge is 2.38. The number of rotatable bonds is 7. The SMILES string of the molecule is CN[C@@H](CCCCNC(=O)C(F)(F)F)C(C)=O. The van der Waals surface area contributed by atoms with Gasteiger partial charge in [0, 0.05) is 6.54 Å². The fourth-order valence-electron chi connectivity index (χ4n) is 1.33. The highest BCUT2D eigenvalue weighted by atomic mass is 19.4. The largest absolute Gasteiger partial charge is 0.471 e. The van der Waals surface area contributed by atoms with Crippen LogP contribution >= 0.6 is 0 Å². The molecule has 100 valence electrons. The van der Waals surface area contributed by atoms with E-state index in [1.54, 1.807) is 12.4 Å². The predicted molar refractivity (Wildman–Crippen MR) is 56.4 cm³/mol. The van der Waals surface area contributed by atoms with Crippen molar-refractivity contribution in [2.24, 2.45) is 0 Å². The average molecular weight is 254 g/mol. The lowest BCUT2D eigenvalue weighted by atomic mass is 10.1. The van der Waals surface area contributed by atoms with E-state index in [1.807, 2.05) is 0 Å². The van der Waals surface area contributed by atoms with E-state index in [4.69, 9.17) is 0 Å². The molecule has 4 nitrogen and oxygen atoms in total. The van der Waals surface area contributed by atoms with Gasteiger partial charge in [-0.2, -0.15) is 13.2 Å². The van der Waals surface area contributed by atoms with E-state index in [2.05, 4.69) is 5.32 Å². The molecule has 7 heteroatoms. The number of hydrogen-bond acceptors (Lipinski definition) is 3. The first-order valence-electron chi connectivity index (χ1n) is 5.31. The number of nitrogens with one attached hydrogen (secondary N) is 2. The van der Waals surface area contributed by atoms with Gasteiger partial charge in [-0.05, 0) is 33.2 Å². The Morgan fingerprint density at radius 1 is 1.24 bits per heavy atom. The van der Waals surface area contributed by atoms with Crippen LogP contribution in [0.25, 0.3) is 0 Å². The molecule has 0 bridgehead atoms. The maximum absolute atomic E-state index is 11.8. The quantitative estimate of drug-likeness (QED) is 0.667. The fourth-order valence-corrected chi connectivity index (χ4v) is 1.33. The third kappa shape index (κ3) is 6.93. The lowest BCUT2D eigenvalue weighted by Crippen LogP contribution is -2.37. The lowest BCUT2D eigenvalue weighted by Gasteiger charge is -2.12. The predicted octanol–water partition coefficient (Wildman–Crippen LogP) is 1.01. The average Bonchev–Trinajstić information content (AvgIpc) is 2.20. The van der Waals surface area contributed by atoms with Crippen molar-refractivity contribution < 1.29 is 22.8 Å². The van der Waals surface area contributed by atoms with Crippen molar-refractivity contribution >= 4 is 11.7 Å². The first kappa shape index (κ1) is 15.9. The first-order valence-corrected chi connectivity index (χ1v) is 5.31. The molecular weight excluding hydrogens is 237 g/mol. The van der Waals surface area contributed by atoms with Crippen molar-refractivity contribution in [3.63, 3.8) is 0 Å². The van der Waals surface area contributed by atoms with E-state index >= 15 is 0 Å². The van der Waals surface area contributed by atoms with Gasteiger partial charge in [0.05, 0.1) is 6.04 Å². The third-order valence-corrected chi connectivity index (χ3v) is 2.30. The van der Waals surface area contributed by atoms with Crippen molar-refractivity contribution in [2.45, 2.75) is 38.4 Å². The van der Waals surface area contributed by atoms with Gasteiger partial charge in [0.1, 0.15) is 5.78 Å². The van der Waals surface area contributed by atoms with Crippen molar-refractivity contribution in [1.82, 2.24) is 10.6 Å². The number of Topliss-reactive ketones (excluding diaryl/α,β-unsaturated/α-hetero) is 1. The first-order chi connectivity index (χ1) is 7.79. The minimum atomic E-state index is -4.83. The van der Waals surface area contributed by atoms with Gasteiger partial charge in [0.25, 0.3) is 0 Å². The summed E-state index contributed by atoms with van der Waals surface area (Å²) in [6, 6.07) is -0.270. The number of carbonyl (C=O) groups is 2. The number of unbranched alkanes of at least 4 members (excludes halogenated alkanes) is 1. The van der Waals surface area contributed by atoms with Crippen LogP contribution in [-0.2, 0) is 9.59 Å². The van der Waals surface area contributed by atoms with E-state index in [-0.39, 0.29) is 18.4 Å². The Bertz CT molecular complexity index is 267. The second-order valence-corrected chi connectivity index (χ2v) is 3.70. The standard InChI is InChI=1S/C10H17F3N2O2/c1-7(16)8(14-2)5-3-4-6-15-9(17)10(11,12)13/h8,14H,3-6H2,1-2H3,(H,15,17)/t8-/m0/s1. The van der Waals surface area contributed by atoms with Crippen LogP contribution in [0.4, 0.5) is 13.2 Å². The molecule has 1 amide bonds. The van der Waals surface area contributed by atoms with Crippen molar-refractivity contribution in [3.8, 4) is 0 Å². The highest BCUT2D eigenvalue weighted by molar-refractivity contribution is 5.81. The Labute approximate surface area is 97.9 Å². The molecule has 0 fully saturated rings. The summed E-state index contributed by atoms with van der Waals surface area (Å²) in [4.78, 5) is 21.4. The van der Waals surface area contributed by atoms with Gasteiger partial charge in [-0.3, -0.25) is 9.59 Å². The van der Waals surface area contributed by atoms with Gasteiger partial charge in [0.15, 0.2) is 0 Å². The van der Waals surface area contributed by atoms with Crippen LogP contribution in [0.1, 0.15) is 26.2 Å². The molecule has 0 aliphatic rings. The molecule has 0 aromatic carbocycles. The van der Waals surface area contributed by atoms with Gasteiger partial charge in [-0.25, -0.2) is 0 Å². The van der Waals surface area contributed by atoms with Gasteiger partial charge in [0.2, 0.25) is 0 Å². The molecular formula is C10H17F3N2O2. The Morgan fingerprint density at radius 3 is 2.24 bits per heavy atom. The molecule has 0 aromatic rings. The fraction of sp³-hybridized carbons (Fsp3) is 0.800. The van der Waals surface area contributed by atoms with E-state index in [0.29, 0.717) is 19.3 Å². The summed E-state index contributed by atoms with van der Waals surface area (Å²) < 4.78 is 35.3. The van der Waals surface area contributed by atoms with Gasteiger partial charge < -0.3 is 10.6 Å². The van der Waals surface area contributed by atoms with Crippen LogP contribution in [0.2, 0.25) is 0 Å². The molecule has 0 saturated heterocycles. The Morgan fingerprint density at radius 2 is 1.82 bits per heavy atom. The molecule has 2 N–H and O–H groups in total. The van der Waals surface area contributed by atoms with Crippen LogP contribution in [-0.4, -0.2) is 37.5 Å². The zero-order chi connectivity index (χ0) is 13.5. The summed E-state index contributed by atoms with van der Waals surface area (Å²) in [6.07, 6.45) is -3.29. The summed E-state index contributed by atoms with van der Waals surface area (Å²) in [6.45, 7) is 1.42. The molecule has 0 saturated carbocycles. The molecule has 0 aliphatic carbocycles. The van der Waals surface area contributed by atoms with Crippen LogP contribution in [0, 0.1) is 0 Å². The minimum absolute atomic E-state index is 0.00757. The van der Waals surface area contributed by atoms with E-state index in [9.17, 15) is 22.8 Å². The highest BCUT2D eigenvalue weighted by Crippen LogP contribution is 2.14. The van der Waals surface area contributed by atoms with Crippen molar-refractivity contribution in [3.05, 3.63) is 0 Å². The van der Waals surface area contributed by atoms with E-state index < -0.39 is 12.1 Å². The molecule has 17 heavy (non-hydrogen) atoms. The van der Waals surface area contributed by atoms with Crippen molar-refractivity contribution in [1.29, 1.82) is 0 Å². The van der Waals surface area contributed by atoms with Gasteiger partial charge >= 0.3 is 12.1 Å². The van der Waals surface area contributed by atoms with E-state index in [0.717, 1.165) is 0 Å². The smallest absolute Gasteiger partial charge is 0.348 e. The van der Waals surface area contributed by atoms with Gasteiger partial charge in [-0.1, -0.05) is 0 Å². The summed E-state index contributed by atoms with van der Waals surface area (Å²) in [5, 5.41) is 4.58. The van der Waals surface area contributed by atoms with E-state index in [1.165, 1.54) is 6.92 Å². The van der Waals surface area contributed by atoms with Gasteiger partial charge in [-0.15, -0.1) is 0 Å². The molecule has 0 unspecified atom stereocenters. The van der Waals surface area contributed by atoms with Crippen LogP contribution in [0.5, 0.6) is 0 Å². The summed E-state index contributed by atoms with van der Waals surface area (Å²) >= 11 is 0. The Hall–Kier alpha value is -1.11. The zero-order valence-electron chi connectivity index (χ0n) is 9.86. The number of halogens is 3. The topological polar surface area (TPSA) is 58.2 Å². The summed E-state index contributed by atoms with van der Waals surface area (Å²) in [7, 11) is 1.65. The number of carbonyl (C=O) groups excluding carboxylic acids is 2. The minimum Gasteiger partial charge on any atom is -0.348 e. The molecule has 0 aliphatic heterocycles. The maximum atomic E-state index is 11.8.